The van der Waals surface area contributed by atoms with E-state index in [0.717, 1.165) is 21.7 Å². The number of nitro groups is 1. The first-order chi connectivity index (χ1) is 20.2. The molecular formula is C32H28N4O5S. The highest BCUT2D eigenvalue weighted by Crippen LogP contribution is 2.23. The number of nitro benzene ring substituents is 1. The predicted octanol–water partition coefficient (Wildman–Crippen LogP) is 6.35. The Labute approximate surface area is 247 Å². The maximum atomic E-state index is 13.3. The molecule has 0 atom stereocenters. The van der Waals surface area contributed by atoms with Gasteiger partial charge >= 0.3 is 0 Å². The van der Waals surface area contributed by atoms with Crippen LogP contribution < -0.4 is 16.0 Å². The second-order valence-corrected chi connectivity index (χ2v) is 10.5. The number of benzene rings is 4. The van der Waals surface area contributed by atoms with Gasteiger partial charge in [0.05, 0.1) is 10.7 Å². The van der Waals surface area contributed by atoms with Crippen molar-refractivity contribution in [1.82, 2.24) is 5.32 Å². The number of non-ortho nitro benzene ring substituents is 1. The van der Waals surface area contributed by atoms with E-state index in [2.05, 4.69) is 16.0 Å². The van der Waals surface area contributed by atoms with Crippen molar-refractivity contribution in [3.8, 4) is 0 Å². The van der Waals surface area contributed by atoms with Crippen LogP contribution in [0.1, 0.15) is 27.0 Å². The molecule has 3 amide bonds. The molecule has 0 aliphatic heterocycles. The van der Waals surface area contributed by atoms with Crippen LogP contribution >= 0.6 is 11.8 Å². The molecule has 3 N–H and O–H groups in total. The number of thioether (sulfide) groups is 1. The number of hydrogen-bond acceptors (Lipinski definition) is 6. The zero-order valence-electron chi connectivity index (χ0n) is 22.9. The summed E-state index contributed by atoms with van der Waals surface area (Å²) in [5.41, 5.74) is 4.02. The molecule has 0 aliphatic carbocycles. The van der Waals surface area contributed by atoms with E-state index in [1.54, 1.807) is 48.5 Å². The second kappa shape index (κ2) is 13.9. The SMILES string of the molecule is Cc1cc(C)cc(NC(=O)CSc2cccc(NC(=O)/C(=C\c3ccc([N+](=O)[O-])cc3)NC(=O)c3ccccc3)c2)c1. The normalized spacial score (nSPS) is 11.0. The first-order valence-electron chi connectivity index (χ1n) is 12.9. The minimum atomic E-state index is -0.590. The molecule has 0 spiro atoms. The Morgan fingerprint density at radius 1 is 0.810 bits per heavy atom. The number of amides is 3. The molecule has 42 heavy (non-hydrogen) atoms. The molecule has 10 heteroatoms. The summed E-state index contributed by atoms with van der Waals surface area (Å²) in [6, 6.07) is 26.9. The van der Waals surface area contributed by atoms with Crippen LogP contribution in [0.4, 0.5) is 17.1 Å². The van der Waals surface area contributed by atoms with Crippen molar-refractivity contribution in [2.24, 2.45) is 0 Å². The van der Waals surface area contributed by atoms with Crippen molar-refractivity contribution in [2.45, 2.75) is 18.7 Å². The highest BCUT2D eigenvalue weighted by Gasteiger charge is 2.16. The molecule has 0 radical (unpaired) electrons. The zero-order valence-corrected chi connectivity index (χ0v) is 23.7. The average Bonchev–Trinajstić information content (AvgIpc) is 2.96. The van der Waals surface area contributed by atoms with E-state index >= 15 is 0 Å². The van der Waals surface area contributed by atoms with Crippen LogP contribution in [0.3, 0.4) is 0 Å². The number of hydrogen-bond donors (Lipinski definition) is 3. The molecule has 0 saturated carbocycles. The summed E-state index contributed by atoms with van der Waals surface area (Å²) in [6.45, 7) is 3.94. The van der Waals surface area contributed by atoms with Gasteiger partial charge in [-0.1, -0.05) is 30.3 Å². The number of nitrogens with zero attached hydrogens (tertiary/aromatic N) is 1. The Morgan fingerprint density at radius 3 is 2.17 bits per heavy atom. The summed E-state index contributed by atoms with van der Waals surface area (Å²) in [4.78, 5) is 50.0. The van der Waals surface area contributed by atoms with E-state index in [-0.39, 0.29) is 23.0 Å². The van der Waals surface area contributed by atoms with E-state index in [1.165, 1.54) is 42.1 Å². The lowest BCUT2D eigenvalue weighted by molar-refractivity contribution is -0.384. The summed E-state index contributed by atoms with van der Waals surface area (Å²) in [7, 11) is 0. The van der Waals surface area contributed by atoms with Gasteiger partial charge in [-0.15, -0.1) is 11.8 Å². The predicted molar refractivity (Wildman–Crippen MR) is 165 cm³/mol. The van der Waals surface area contributed by atoms with Gasteiger partial charge in [0.25, 0.3) is 17.5 Å². The van der Waals surface area contributed by atoms with Crippen molar-refractivity contribution in [1.29, 1.82) is 0 Å². The number of aryl methyl sites for hydroxylation is 2. The highest BCUT2D eigenvalue weighted by molar-refractivity contribution is 8.00. The van der Waals surface area contributed by atoms with Crippen molar-refractivity contribution in [3.05, 3.63) is 135 Å². The largest absolute Gasteiger partial charge is 0.325 e. The minimum Gasteiger partial charge on any atom is -0.325 e. The van der Waals surface area contributed by atoms with E-state index in [9.17, 15) is 24.5 Å². The fraction of sp³-hybridized carbons (Fsp3) is 0.0938. The lowest BCUT2D eigenvalue weighted by Crippen LogP contribution is -2.30. The molecule has 0 fully saturated rings. The average molecular weight is 581 g/mol. The number of carbonyl (C=O) groups excluding carboxylic acids is 3. The molecule has 4 rings (SSSR count). The van der Waals surface area contributed by atoms with Gasteiger partial charge in [0.1, 0.15) is 5.70 Å². The van der Waals surface area contributed by atoms with Gasteiger partial charge in [0, 0.05) is 34.0 Å². The standard InChI is InChI=1S/C32H28N4O5S/c1-21-15-22(2)17-26(16-21)33-30(37)20-42-28-10-6-9-25(19-28)34-32(39)29(35-31(38)24-7-4-3-5-8-24)18-23-11-13-27(14-12-23)36(40)41/h3-19H,20H2,1-2H3,(H,33,37)(H,34,39)(H,35,38)/b29-18+. The Morgan fingerprint density at radius 2 is 1.50 bits per heavy atom. The third kappa shape index (κ3) is 8.64. The monoisotopic (exact) mass is 580 g/mol. The summed E-state index contributed by atoms with van der Waals surface area (Å²) >= 11 is 1.32. The van der Waals surface area contributed by atoms with Crippen molar-refractivity contribution < 1.29 is 19.3 Å². The number of carbonyl (C=O) groups is 3. The number of nitrogens with one attached hydrogen (secondary N) is 3. The van der Waals surface area contributed by atoms with Gasteiger partial charge < -0.3 is 16.0 Å². The van der Waals surface area contributed by atoms with E-state index < -0.39 is 16.7 Å². The third-order valence-electron chi connectivity index (χ3n) is 5.91. The first-order valence-corrected chi connectivity index (χ1v) is 13.9. The molecule has 4 aromatic carbocycles. The van der Waals surface area contributed by atoms with E-state index in [4.69, 9.17) is 0 Å². The van der Waals surface area contributed by atoms with Crippen LogP contribution in [-0.2, 0) is 9.59 Å². The smallest absolute Gasteiger partial charge is 0.272 e. The molecule has 0 bridgehead atoms. The van der Waals surface area contributed by atoms with Gasteiger partial charge in [-0.3, -0.25) is 24.5 Å². The number of anilines is 2. The quantitative estimate of drug-likeness (QED) is 0.0867. The van der Waals surface area contributed by atoms with Gasteiger partial charge in [0.2, 0.25) is 5.91 Å². The number of rotatable bonds is 10. The van der Waals surface area contributed by atoms with Crippen LogP contribution in [0.5, 0.6) is 0 Å². The Hall–Kier alpha value is -5.22. The van der Waals surface area contributed by atoms with Crippen LogP contribution in [-0.4, -0.2) is 28.4 Å². The van der Waals surface area contributed by atoms with E-state index in [1.807, 2.05) is 38.1 Å². The summed E-state index contributed by atoms with van der Waals surface area (Å²) < 4.78 is 0. The molecule has 0 unspecified atom stereocenters. The molecule has 0 aromatic heterocycles. The van der Waals surface area contributed by atoms with Crippen LogP contribution in [0.25, 0.3) is 6.08 Å². The Balaban J connectivity index is 1.47. The topological polar surface area (TPSA) is 130 Å². The van der Waals surface area contributed by atoms with Crippen LogP contribution in [0, 0.1) is 24.0 Å². The maximum absolute atomic E-state index is 13.3. The van der Waals surface area contributed by atoms with Gasteiger partial charge in [-0.2, -0.15) is 0 Å². The van der Waals surface area contributed by atoms with Gasteiger partial charge in [-0.05, 0) is 91.2 Å². The maximum Gasteiger partial charge on any atom is 0.272 e. The summed E-state index contributed by atoms with van der Waals surface area (Å²) in [5.74, 6) is -1.07. The molecule has 9 nitrogen and oxygen atoms in total. The zero-order chi connectivity index (χ0) is 30.1. The third-order valence-corrected chi connectivity index (χ3v) is 6.90. The fourth-order valence-electron chi connectivity index (χ4n) is 4.06. The lowest BCUT2D eigenvalue weighted by atomic mass is 10.1. The molecule has 4 aromatic rings. The first kappa shape index (κ1) is 29.8. The van der Waals surface area contributed by atoms with Crippen LogP contribution in [0.2, 0.25) is 0 Å². The minimum absolute atomic E-state index is 0.0522. The van der Waals surface area contributed by atoms with Gasteiger partial charge in [0.15, 0.2) is 0 Å². The van der Waals surface area contributed by atoms with Crippen LogP contribution in [0.15, 0.2) is 108 Å². The van der Waals surface area contributed by atoms with Crippen molar-refractivity contribution in [3.63, 3.8) is 0 Å². The molecule has 0 heterocycles. The lowest BCUT2D eigenvalue weighted by Gasteiger charge is -2.12. The highest BCUT2D eigenvalue weighted by atomic mass is 32.2. The molecule has 212 valence electrons. The summed E-state index contributed by atoms with van der Waals surface area (Å²) in [5, 5.41) is 19.3. The Kier molecular flexibility index (Phi) is 9.85. The second-order valence-electron chi connectivity index (χ2n) is 9.42. The molecule has 0 aliphatic rings. The fourth-order valence-corrected chi connectivity index (χ4v) is 4.81. The van der Waals surface area contributed by atoms with E-state index in [0.29, 0.717) is 16.8 Å². The molecule has 0 saturated heterocycles. The Bertz CT molecular complexity index is 1630. The summed E-state index contributed by atoms with van der Waals surface area (Å²) in [6.07, 6.45) is 1.44. The van der Waals surface area contributed by atoms with Crippen molar-refractivity contribution >= 4 is 52.6 Å². The van der Waals surface area contributed by atoms with Crippen molar-refractivity contribution in [2.75, 3.05) is 16.4 Å². The van der Waals surface area contributed by atoms with Gasteiger partial charge in [-0.25, -0.2) is 0 Å². The molecular weight excluding hydrogens is 552 g/mol.